The minimum atomic E-state index is -1.07. The average Bonchev–Trinajstić information content (AvgIpc) is 2.87. The van der Waals surface area contributed by atoms with Crippen LogP contribution >= 0.6 is 0 Å². The molecule has 188 valence electrons. The number of rotatable bonds is 7. The summed E-state index contributed by atoms with van der Waals surface area (Å²) >= 11 is 0. The summed E-state index contributed by atoms with van der Waals surface area (Å²) in [7, 11) is 1.44. The molecule has 0 bridgehead atoms. The molecule has 1 aliphatic rings. The highest BCUT2D eigenvalue weighted by Crippen LogP contribution is 2.36. The van der Waals surface area contributed by atoms with Crippen LogP contribution in [0.15, 0.2) is 60.7 Å². The second-order valence-corrected chi connectivity index (χ2v) is 9.24. The molecular weight excluding hydrogens is 456 g/mol. The van der Waals surface area contributed by atoms with Crippen molar-refractivity contribution >= 4 is 23.4 Å². The fourth-order valence-electron chi connectivity index (χ4n) is 4.57. The molecule has 7 nitrogen and oxygen atoms in total. The molecule has 3 N–H and O–H groups in total. The molecule has 0 spiro atoms. The number of aryl methyl sites for hydroxylation is 1. The Bertz CT molecular complexity index is 1260. The summed E-state index contributed by atoms with van der Waals surface area (Å²) in [4.78, 5) is 24.7. The molecule has 0 radical (unpaired) electrons. The fourth-order valence-corrected chi connectivity index (χ4v) is 4.57. The van der Waals surface area contributed by atoms with Crippen molar-refractivity contribution in [1.82, 2.24) is 0 Å². The van der Waals surface area contributed by atoms with Gasteiger partial charge >= 0.3 is 12.0 Å². The average molecular weight is 489 g/mol. The van der Waals surface area contributed by atoms with Crippen LogP contribution in [0.3, 0.4) is 0 Å². The minimum Gasteiger partial charge on any atom is -0.496 e. The number of benzene rings is 3. The molecule has 0 aliphatic heterocycles. The maximum atomic E-state index is 12.9. The molecule has 36 heavy (non-hydrogen) atoms. The number of anilines is 2. The van der Waals surface area contributed by atoms with Gasteiger partial charge < -0.3 is 25.2 Å². The van der Waals surface area contributed by atoms with Gasteiger partial charge in [-0.25, -0.2) is 9.59 Å². The lowest BCUT2D eigenvalue weighted by molar-refractivity contribution is 0.0693. The van der Waals surface area contributed by atoms with Crippen LogP contribution in [-0.2, 0) is 0 Å². The third kappa shape index (κ3) is 5.79. The number of carboxylic acids is 1. The summed E-state index contributed by atoms with van der Waals surface area (Å²) in [5.74, 6) is 0.223. The zero-order valence-corrected chi connectivity index (χ0v) is 20.8. The van der Waals surface area contributed by atoms with Gasteiger partial charge in [0.15, 0.2) is 0 Å². The number of ether oxygens (including phenoxy) is 2. The van der Waals surface area contributed by atoms with Gasteiger partial charge in [-0.3, -0.25) is 0 Å². The summed E-state index contributed by atoms with van der Waals surface area (Å²) in [5.41, 5.74) is 3.69. The maximum absolute atomic E-state index is 12.9. The Morgan fingerprint density at radius 3 is 2.25 bits per heavy atom. The van der Waals surface area contributed by atoms with E-state index >= 15 is 0 Å². The second-order valence-electron chi connectivity index (χ2n) is 9.24. The van der Waals surface area contributed by atoms with Crippen LogP contribution in [0.25, 0.3) is 11.1 Å². The lowest BCUT2D eigenvalue weighted by Gasteiger charge is -2.30. The number of amides is 2. The van der Waals surface area contributed by atoms with Gasteiger partial charge in [-0.2, -0.15) is 0 Å². The Balaban J connectivity index is 1.67. The van der Waals surface area contributed by atoms with Gasteiger partial charge in [0, 0.05) is 5.69 Å². The van der Waals surface area contributed by atoms with E-state index in [0.717, 1.165) is 36.1 Å². The molecule has 2 amide bonds. The normalized spacial score (nSPS) is 17.2. The van der Waals surface area contributed by atoms with E-state index < -0.39 is 5.97 Å². The number of carboxylic acid groups (broad SMARTS) is 1. The number of methoxy groups -OCH3 is 1. The van der Waals surface area contributed by atoms with E-state index in [4.69, 9.17) is 9.47 Å². The Kier molecular flexibility index (Phi) is 7.78. The molecule has 2 atom stereocenters. The molecule has 0 heterocycles. The van der Waals surface area contributed by atoms with Crippen LogP contribution < -0.4 is 20.1 Å². The Morgan fingerprint density at radius 1 is 0.889 bits per heavy atom. The standard InChI is InChI=1S/C29H32N2O5/c1-18-8-4-6-10-23(18)30-29(34)31-24-17-21(20-12-14-26(35-3)22(16-20)28(32)33)13-15-27(24)36-25-11-7-5-9-19(25)2/h4,6,8,10,12-17,19,25H,5,7,9,11H2,1-3H3,(H,32,33)(H2,30,31,34)/t19-,25-/m1/s1. The first-order valence-electron chi connectivity index (χ1n) is 12.2. The van der Waals surface area contributed by atoms with Gasteiger partial charge in [-0.1, -0.05) is 43.7 Å². The third-order valence-electron chi connectivity index (χ3n) is 6.70. The van der Waals surface area contributed by atoms with Gasteiger partial charge in [-0.05, 0) is 79.1 Å². The number of urea groups is 1. The zero-order valence-electron chi connectivity index (χ0n) is 20.8. The number of carbonyl (C=O) groups is 2. The summed E-state index contributed by atoms with van der Waals surface area (Å²) in [6, 6.07) is 17.7. The van der Waals surface area contributed by atoms with Crippen LogP contribution in [0.4, 0.5) is 16.2 Å². The first kappa shape index (κ1) is 25.1. The lowest BCUT2D eigenvalue weighted by atomic mass is 9.88. The molecule has 1 fully saturated rings. The van der Waals surface area contributed by atoms with Crippen LogP contribution in [0.1, 0.15) is 48.5 Å². The number of carbonyl (C=O) groups excluding carboxylic acids is 1. The van der Waals surface area contributed by atoms with E-state index in [1.165, 1.54) is 13.5 Å². The van der Waals surface area contributed by atoms with E-state index in [2.05, 4.69) is 17.6 Å². The molecule has 1 aliphatic carbocycles. The summed E-state index contributed by atoms with van der Waals surface area (Å²) in [6.07, 6.45) is 4.48. The fraction of sp³-hybridized carbons (Fsp3) is 0.310. The van der Waals surface area contributed by atoms with Gasteiger partial charge in [-0.15, -0.1) is 0 Å². The molecular formula is C29H32N2O5. The largest absolute Gasteiger partial charge is 0.496 e. The molecule has 4 rings (SSSR count). The third-order valence-corrected chi connectivity index (χ3v) is 6.70. The smallest absolute Gasteiger partial charge is 0.339 e. The quantitative estimate of drug-likeness (QED) is 0.334. The van der Waals surface area contributed by atoms with E-state index in [1.54, 1.807) is 18.2 Å². The van der Waals surface area contributed by atoms with Crippen molar-refractivity contribution in [2.45, 2.75) is 45.6 Å². The number of aromatic carboxylic acids is 1. The van der Waals surface area contributed by atoms with E-state index in [9.17, 15) is 14.7 Å². The number of nitrogens with one attached hydrogen (secondary N) is 2. The maximum Gasteiger partial charge on any atom is 0.339 e. The van der Waals surface area contributed by atoms with Gasteiger partial charge in [0.05, 0.1) is 12.8 Å². The summed E-state index contributed by atoms with van der Waals surface area (Å²) < 4.78 is 11.6. The highest BCUT2D eigenvalue weighted by atomic mass is 16.5. The molecule has 7 heteroatoms. The second kappa shape index (κ2) is 11.2. The summed E-state index contributed by atoms with van der Waals surface area (Å²) in [6.45, 7) is 4.12. The van der Waals surface area contributed by atoms with E-state index in [1.807, 2.05) is 49.4 Å². The Morgan fingerprint density at radius 2 is 1.56 bits per heavy atom. The number of para-hydroxylation sites is 1. The van der Waals surface area contributed by atoms with Gasteiger partial charge in [0.25, 0.3) is 0 Å². The van der Waals surface area contributed by atoms with E-state index in [-0.39, 0.29) is 23.4 Å². The van der Waals surface area contributed by atoms with Crippen molar-refractivity contribution in [2.24, 2.45) is 5.92 Å². The molecule has 0 aromatic heterocycles. The highest BCUT2D eigenvalue weighted by molar-refractivity contribution is 6.01. The van der Waals surface area contributed by atoms with Gasteiger partial charge in [0.2, 0.25) is 0 Å². The minimum absolute atomic E-state index is 0.0677. The highest BCUT2D eigenvalue weighted by Gasteiger charge is 2.24. The topological polar surface area (TPSA) is 96.9 Å². The first-order valence-corrected chi connectivity index (χ1v) is 12.2. The molecule has 0 unspecified atom stereocenters. The van der Waals surface area contributed by atoms with Crippen molar-refractivity contribution in [1.29, 1.82) is 0 Å². The van der Waals surface area contributed by atoms with Crippen molar-refractivity contribution in [3.63, 3.8) is 0 Å². The Labute approximate surface area is 211 Å². The zero-order chi connectivity index (χ0) is 25.7. The first-order chi connectivity index (χ1) is 17.4. The predicted molar refractivity (Wildman–Crippen MR) is 141 cm³/mol. The monoisotopic (exact) mass is 488 g/mol. The molecule has 0 saturated heterocycles. The lowest BCUT2D eigenvalue weighted by Crippen LogP contribution is -2.29. The predicted octanol–water partition coefficient (Wildman–Crippen LogP) is 6.97. The van der Waals surface area contributed by atoms with E-state index in [0.29, 0.717) is 22.9 Å². The van der Waals surface area contributed by atoms with Gasteiger partial charge in [0.1, 0.15) is 23.2 Å². The van der Waals surface area contributed by atoms with Crippen LogP contribution in [0, 0.1) is 12.8 Å². The molecule has 1 saturated carbocycles. The SMILES string of the molecule is COc1ccc(-c2ccc(O[C@@H]3CCCC[C@H]3C)c(NC(=O)Nc3ccccc3C)c2)cc1C(=O)O. The van der Waals surface area contributed by atoms with Crippen molar-refractivity contribution in [3.05, 3.63) is 71.8 Å². The van der Waals surface area contributed by atoms with Crippen LogP contribution in [0.2, 0.25) is 0 Å². The number of hydrogen-bond donors (Lipinski definition) is 3. The molecule has 3 aromatic carbocycles. The summed E-state index contributed by atoms with van der Waals surface area (Å²) in [5, 5.41) is 15.4. The molecule has 3 aromatic rings. The van der Waals surface area contributed by atoms with Crippen molar-refractivity contribution in [2.75, 3.05) is 17.7 Å². The number of hydrogen-bond acceptors (Lipinski definition) is 4. The van der Waals surface area contributed by atoms with Crippen molar-refractivity contribution in [3.8, 4) is 22.6 Å². The van der Waals surface area contributed by atoms with Crippen LogP contribution in [0.5, 0.6) is 11.5 Å². The Hall–Kier alpha value is -4.00. The van der Waals surface area contributed by atoms with Crippen LogP contribution in [-0.4, -0.2) is 30.3 Å². The van der Waals surface area contributed by atoms with Crippen molar-refractivity contribution < 1.29 is 24.2 Å².